The minimum absolute atomic E-state index is 0.0181. The van der Waals surface area contributed by atoms with Crippen LogP contribution in [0.4, 0.5) is 21.0 Å². The number of hydrogen-bond acceptors (Lipinski definition) is 12. The normalized spacial score (nSPS) is 14.7. The van der Waals surface area contributed by atoms with Gasteiger partial charge in [-0.25, -0.2) is 9.59 Å². The van der Waals surface area contributed by atoms with E-state index in [4.69, 9.17) is 32.5 Å². The molecule has 22 nitrogen and oxygen atoms in total. The van der Waals surface area contributed by atoms with Gasteiger partial charge >= 0.3 is 42.5 Å². The lowest BCUT2D eigenvalue weighted by molar-refractivity contribution is 0.148. The van der Waals surface area contributed by atoms with E-state index in [2.05, 4.69) is 20.2 Å². The number of ether oxygens (including phenoxy) is 1. The van der Waals surface area contributed by atoms with Crippen LogP contribution in [0.2, 0.25) is 10.0 Å². The molecule has 0 aliphatic heterocycles. The lowest BCUT2D eigenvalue weighted by Crippen LogP contribution is -2.49. The average molecular weight is 1110 g/mol. The van der Waals surface area contributed by atoms with Gasteiger partial charge in [0.2, 0.25) is 5.52 Å². The summed E-state index contributed by atoms with van der Waals surface area (Å²) in [7, 11) is -21.2. The van der Waals surface area contributed by atoms with Gasteiger partial charge in [-0.1, -0.05) is 44.0 Å². The summed E-state index contributed by atoms with van der Waals surface area (Å²) in [5, 5.41) is 1.73. The maximum absolute atomic E-state index is 14.3. The fraction of sp³-hybridized carbons (Fsp3) is 0.535. The van der Waals surface area contributed by atoms with E-state index in [-0.39, 0.29) is 13.0 Å². The molecule has 0 radical (unpaired) electrons. The molecule has 3 amide bonds. The Morgan fingerprint density at radius 1 is 0.634 bits per heavy atom. The lowest BCUT2D eigenvalue weighted by Gasteiger charge is -2.33. The molecule has 0 saturated carbocycles. The van der Waals surface area contributed by atoms with Gasteiger partial charge in [0.05, 0.1) is 35.6 Å². The van der Waals surface area contributed by atoms with Crippen molar-refractivity contribution in [2.45, 2.75) is 96.2 Å². The monoisotopic (exact) mass is 1110 g/mol. The fourth-order valence-electron chi connectivity index (χ4n) is 8.08. The van der Waals surface area contributed by atoms with Crippen LogP contribution in [0.3, 0.4) is 0 Å². The van der Waals surface area contributed by atoms with Gasteiger partial charge in [0.25, 0.3) is 0 Å². The molecule has 0 saturated heterocycles. The molecule has 2 aromatic carbocycles. The van der Waals surface area contributed by atoms with E-state index in [1.54, 1.807) is 62.4 Å². The molecule has 0 bridgehead atoms. The molecule has 8 N–H and O–H groups in total. The van der Waals surface area contributed by atoms with E-state index in [0.717, 1.165) is 19.6 Å². The Hall–Kier alpha value is -3.10. The zero-order valence-corrected chi connectivity index (χ0v) is 45.2. The molecule has 0 spiro atoms. The Morgan fingerprint density at radius 2 is 1.11 bits per heavy atom. The molecule has 4 unspecified atom stereocenters. The summed E-state index contributed by atoms with van der Waals surface area (Å²) in [5.74, 6) is 0. The molecule has 0 aliphatic rings. The van der Waals surface area contributed by atoms with Crippen molar-refractivity contribution in [3.63, 3.8) is 0 Å². The number of anilines is 2. The third-order valence-corrected chi connectivity index (χ3v) is 20.1. The van der Waals surface area contributed by atoms with Gasteiger partial charge in [-0.15, -0.1) is 0 Å². The van der Waals surface area contributed by atoms with Crippen LogP contribution in [0.5, 0.6) is 0 Å². The second kappa shape index (κ2) is 26.9. The van der Waals surface area contributed by atoms with Crippen LogP contribution >= 0.6 is 53.6 Å². The first-order valence-corrected chi connectivity index (χ1v) is 30.4. The van der Waals surface area contributed by atoms with Gasteiger partial charge in [0.15, 0.2) is 5.40 Å². The topological polar surface area (TPSA) is 313 Å². The zero-order chi connectivity index (χ0) is 52.9. The van der Waals surface area contributed by atoms with E-state index in [1.165, 1.54) is 22.2 Å². The highest BCUT2D eigenvalue weighted by atomic mass is 35.5. The highest BCUT2D eigenvalue weighted by Gasteiger charge is 2.48. The van der Waals surface area contributed by atoms with Crippen molar-refractivity contribution >= 4 is 98.9 Å². The highest BCUT2D eigenvalue weighted by molar-refractivity contribution is 7.71. The summed E-state index contributed by atoms with van der Waals surface area (Å²) in [6, 6.07) is 10.7. The summed E-state index contributed by atoms with van der Waals surface area (Å²) in [6.07, 6.45) is 3.08. The van der Waals surface area contributed by atoms with Gasteiger partial charge in [-0.3, -0.25) is 38.0 Å². The quantitative estimate of drug-likeness (QED) is 0.0195. The van der Waals surface area contributed by atoms with Crippen molar-refractivity contribution in [3.8, 4) is 0 Å². The molecule has 28 heteroatoms. The number of carbonyl (C=O) groups is 2. The molecule has 2 aromatic heterocycles. The lowest BCUT2D eigenvalue weighted by atomic mass is 10.1. The van der Waals surface area contributed by atoms with Crippen molar-refractivity contribution in [1.29, 1.82) is 0 Å². The van der Waals surface area contributed by atoms with Crippen molar-refractivity contribution in [1.82, 2.24) is 25.1 Å². The van der Waals surface area contributed by atoms with Crippen LogP contribution < -0.4 is 15.1 Å². The summed E-state index contributed by atoms with van der Waals surface area (Å²) >= 11 is 12.4. The standard InChI is InChI=1S/C43H65Cl2N7O15P4/c1-6-49(7-2)23-9-12-30(4)51(38-19-21-46-36-28-32(44)15-17-34(36)38)41(53)48-42(70(61,62)63)71(64,65)67-27-25-50(8-3)24-10-13-31(5)52(39-20-22-47-37-29-33(45)16-18-35(37)39)43(54)66-26-11-14-40(68(55,56)57)69(58,59)60/h15-22,28-31,40,42H,6-14,23-27H2,1-5H3,(H,48,53)(H,64,65)(H2,55,56,57)(H2,58,59,60)(H2,61,62,63). The number of aromatic nitrogens is 2. The van der Waals surface area contributed by atoms with Crippen molar-refractivity contribution in [3.05, 3.63) is 71.0 Å². The summed E-state index contributed by atoms with van der Waals surface area (Å²) in [6.45, 7) is 11.7. The van der Waals surface area contributed by atoms with E-state index in [1.807, 2.05) is 25.7 Å². The van der Waals surface area contributed by atoms with Crippen molar-refractivity contribution in [2.24, 2.45) is 0 Å². The number of benzene rings is 2. The predicted molar refractivity (Wildman–Crippen MR) is 274 cm³/mol. The van der Waals surface area contributed by atoms with Crippen LogP contribution in [0.1, 0.15) is 73.1 Å². The number of fused-ring (bicyclic) bond motifs is 2. The molecule has 4 rings (SSSR count). The molecule has 4 atom stereocenters. The van der Waals surface area contributed by atoms with E-state index < -0.39 is 85.1 Å². The second-order valence-electron chi connectivity index (χ2n) is 16.9. The van der Waals surface area contributed by atoms with Crippen LogP contribution in [0.15, 0.2) is 60.9 Å². The molecule has 396 valence electrons. The number of pyridine rings is 2. The Kier molecular flexibility index (Phi) is 22.9. The maximum Gasteiger partial charge on any atom is 0.414 e. The smallest absolute Gasteiger partial charge is 0.414 e. The van der Waals surface area contributed by atoms with Crippen LogP contribution in [-0.4, -0.2) is 142 Å². The van der Waals surface area contributed by atoms with Crippen LogP contribution in [0, 0.1) is 0 Å². The second-order valence-corrected chi connectivity index (χ2v) is 25.8. The average Bonchev–Trinajstić information content (AvgIpc) is 3.27. The molecule has 2 heterocycles. The number of urea groups is 1. The number of rotatable bonds is 28. The number of amides is 3. The minimum atomic E-state index is -5.56. The Morgan fingerprint density at radius 3 is 1.59 bits per heavy atom. The van der Waals surface area contributed by atoms with Gasteiger partial charge in [0.1, 0.15) is 0 Å². The predicted octanol–water partition coefficient (Wildman–Crippen LogP) is 8.38. The molecular formula is C43H65Cl2N7O15P4. The number of hydrogen-bond donors (Lipinski definition) is 8. The summed E-state index contributed by atoms with van der Waals surface area (Å²) < 4.78 is 61.1. The van der Waals surface area contributed by atoms with Crippen LogP contribution in [0.25, 0.3) is 21.8 Å². The SMILES string of the molecule is CCN(CC)CCCC(C)N(C(=O)NC(P(=O)(O)O)P(=O)(O)OCCN(CC)CCCC(C)N(C(=O)OCCCC(P(=O)(O)O)P(=O)(O)O)c1ccnc2cc(Cl)ccc12)c1ccnc2cc(Cl)ccc12. The number of likely N-dealkylation sites (N-methyl/N-ethyl adjacent to an activating group) is 1. The number of nitrogens with one attached hydrogen (secondary N) is 1. The molecular weight excluding hydrogens is 1050 g/mol. The van der Waals surface area contributed by atoms with E-state index in [9.17, 15) is 62.1 Å². The zero-order valence-electron chi connectivity index (χ0n) is 40.1. The minimum Gasteiger partial charge on any atom is -0.449 e. The van der Waals surface area contributed by atoms with Crippen molar-refractivity contribution < 1.29 is 71.4 Å². The van der Waals surface area contributed by atoms with Gasteiger partial charge in [0, 0.05) is 51.8 Å². The van der Waals surface area contributed by atoms with Crippen molar-refractivity contribution in [2.75, 3.05) is 62.3 Å². The Balaban J connectivity index is 1.46. The number of carbonyl (C=O) groups excluding carboxylic acids is 2. The van der Waals surface area contributed by atoms with Gasteiger partial charge in [-0.05, 0) is 134 Å². The third-order valence-electron chi connectivity index (χ3n) is 11.9. The van der Waals surface area contributed by atoms with E-state index in [0.29, 0.717) is 82.0 Å². The first-order valence-electron chi connectivity index (χ1n) is 22.9. The summed E-state index contributed by atoms with van der Waals surface area (Å²) in [5.41, 5.74) is -0.991. The summed E-state index contributed by atoms with van der Waals surface area (Å²) in [4.78, 5) is 113. The van der Waals surface area contributed by atoms with Gasteiger partial charge in [-0.2, -0.15) is 0 Å². The molecule has 0 fully saturated rings. The Labute approximate surface area is 423 Å². The highest BCUT2D eigenvalue weighted by Crippen LogP contribution is 2.62. The first kappa shape index (κ1) is 60.5. The van der Waals surface area contributed by atoms with Crippen LogP contribution in [-0.2, 0) is 27.5 Å². The Bertz CT molecular complexity index is 2600. The molecule has 4 aromatic rings. The fourth-order valence-corrected chi connectivity index (χ4v) is 13.8. The first-order chi connectivity index (χ1) is 33.2. The third kappa shape index (κ3) is 17.5. The number of nitrogens with zero attached hydrogens (tertiary/aromatic N) is 6. The molecule has 71 heavy (non-hydrogen) atoms. The van der Waals surface area contributed by atoms with Gasteiger partial charge < -0.3 is 58.6 Å². The largest absolute Gasteiger partial charge is 0.449 e. The maximum atomic E-state index is 14.3. The molecule has 0 aliphatic carbocycles. The van der Waals surface area contributed by atoms with E-state index >= 15 is 0 Å². The number of halogens is 2.